The number of aliphatic hydroxyl groups is 1. The van der Waals surface area contributed by atoms with Crippen molar-refractivity contribution in [2.45, 2.75) is 20.0 Å². The SMILES string of the molecule is Cc1cc(CC(=O)O)cc(CO)c1C#N. The van der Waals surface area contributed by atoms with Crippen molar-refractivity contribution in [3.05, 3.63) is 34.4 Å². The van der Waals surface area contributed by atoms with Gasteiger partial charge in [0, 0.05) is 0 Å². The fourth-order valence-electron chi connectivity index (χ4n) is 1.50. The maximum atomic E-state index is 10.5. The number of benzene rings is 1. The number of aryl methyl sites for hydroxylation is 1. The minimum absolute atomic E-state index is 0.0977. The first-order valence-corrected chi connectivity index (χ1v) is 4.43. The molecule has 0 heterocycles. The zero-order chi connectivity index (χ0) is 11.4. The molecule has 0 fully saturated rings. The third kappa shape index (κ3) is 2.55. The molecular weight excluding hydrogens is 194 g/mol. The number of nitriles is 1. The highest BCUT2D eigenvalue weighted by molar-refractivity contribution is 5.70. The van der Waals surface area contributed by atoms with Crippen LogP contribution in [0.5, 0.6) is 0 Å². The Morgan fingerprint density at radius 1 is 1.53 bits per heavy atom. The summed E-state index contributed by atoms with van der Waals surface area (Å²) >= 11 is 0. The Hall–Kier alpha value is -1.86. The lowest BCUT2D eigenvalue weighted by Crippen LogP contribution is -2.03. The van der Waals surface area contributed by atoms with E-state index in [1.165, 1.54) is 0 Å². The van der Waals surface area contributed by atoms with Gasteiger partial charge in [0.05, 0.1) is 24.7 Å². The van der Waals surface area contributed by atoms with Gasteiger partial charge in [-0.25, -0.2) is 0 Å². The number of aliphatic hydroxyl groups excluding tert-OH is 1. The van der Waals surface area contributed by atoms with Crippen LogP contribution in [-0.4, -0.2) is 16.2 Å². The summed E-state index contributed by atoms with van der Waals surface area (Å²) in [5.74, 6) is -0.928. The summed E-state index contributed by atoms with van der Waals surface area (Å²) in [6.45, 7) is 1.47. The molecular formula is C11H11NO3. The van der Waals surface area contributed by atoms with E-state index in [2.05, 4.69) is 0 Å². The van der Waals surface area contributed by atoms with Gasteiger partial charge in [-0.15, -0.1) is 0 Å². The zero-order valence-corrected chi connectivity index (χ0v) is 8.32. The normalized spacial score (nSPS) is 9.67. The Morgan fingerprint density at radius 2 is 2.20 bits per heavy atom. The molecule has 78 valence electrons. The Balaban J connectivity index is 3.21. The van der Waals surface area contributed by atoms with Crippen molar-refractivity contribution in [1.82, 2.24) is 0 Å². The van der Waals surface area contributed by atoms with E-state index < -0.39 is 5.97 Å². The van der Waals surface area contributed by atoms with Gasteiger partial charge in [-0.1, -0.05) is 12.1 Å². The molecule has 0 aromatic heterocycles. The third-order valence-corrected chi connectivity index (χ3v) is 2.11. The fourth-order valence-corrected chi connectivity index (χ4v) is 1.50. The highest BCUT2D eigenvalue weighted by atomic mass is 16.4. The summed E-state index contributed by atoms with van der Waals surface area (Å²) in [6, 6.07) is 5.20. The van der Waals surface area contributed by atoms with Gasteiger partial charge in [0.15, 0.2) is 0 Å². The number of hydrogen-bond acceptors (Lipinski definition) is 3. The van der Waals surface area contributed by atoms with Crippen molar-refractivity contribution >= 4 is 5.97 Å². The highest BCUT2D eigenvalue weighted by Crippen LogP contribution is 2.17. The van der Waals surface area contributed by atoms with Crippen LogP contribution in [0.15, 0.2) is 12.1 Å². The van der Waals surface area contributed by atoms with Gasteiger partial charge in [-0.2, -0.15) is 5.26 Å². The van der Waals surface area contributed by atoms with Gasteiger partial charge in [0.2, 0.25) is 0 Å². The Kier molecular flexibility index (Phi) is 3.42. The number of carboxylic acid groups (broad SMARTS) is 1. The van der Waals surface area contributed by atoms with Gasteiger partial charge in [0.1, 0.15) is 0 Å². The maximum absolute atomic E-state index is 10.5. The molecule has 0 amide bonds. The summed E-state index contributed by atoms with van der Waals surface area (Å²) in [5, 5.41) is 26.5. The van der Waals surface area contributed by atoms with Gasteiger partial charge < -0.3 is 10.2 Å². The molecule has 0 saturated carbocycles. The molecule has 0 atom stereocenters. The van der Waals surface area contributed by atoms with E-state index in [0.717, 1.165) is 0 Å². The largest absolute Gasteiger partial charge is 0.481 e. The van der Waals surface area contributed by atoms with Crippen LogP contribution < -0.4 is 0 Å². The first kappa shape index (κ1) is 11.2. The molecule has 0 saturated heterocycles. The van der Waals surface area contributed by atoms with E-state index in [1.807, 2.05) is 6.07 Å². The number of nitrogens with zero attached hydrogens (tertiary/aromatic N) is 1. The van der Waals surface area contributed by atoms with Crippen LogP contribution in [0.3, 0.4) is 0 Å². The molecule has 0 aliphatic heterocycles. The minimum Gasteiger partial charge on any atom is -0.481 e. The van der Waals surface area contributed by atoms with E-state index in [4.69, 9.17) is 15.5 Å². The summed E-state index contributed by atoms with van der Waals surface area (Å²) < 4.78 is 0. The van der Waals surface area contributed by atoms with Crippen LogP contribution in [0.1, 0.15) is 22.3 Å². The van der Waals surface area contributed by atoms with E-state index >= 15 is 0 Å². The van der Waals surface area contributed by atoms with Gasteiger partial charge in [0.25, 0.3) is 0 Å². The highest BCUT2D eigenvalue weighted by Gasteiger charge is 2.09. The molecule has 1 aromatic carbocycles. The molecule has 15 heavy (non-hydrogen) atoms. The quantitative estimate of drug-likeness (QED) is 0.770. The van der Waals surface area contributed by atoms with E-state index in [-0.39, 0.29) is 13.0 Å². The lowest BCUT2D eigenvalue weighted by molar-refractivity contribution is -0.136. The summed E-state index contributed by atoms with van der Waals surface area (Å²) in [4.78, 5) is 10.5. The number of carboxylic acids is 1. The third-order valence-electron chi connectivity index (χ3n) is 2.11. The van der Waals surface area contributed by atoms with Crippen LogP contribution in [-0.2, 0) is 17.8 Å². The lowest BCUT2D eigenvalue weighted by atomic mass is 9.98. The summed E-state index contributed by atoms with van der Waals surface area (Å²) in [5.41, 5.74) is 2.20. The van der Waals surface area contributed by atoms with Crippen molar-refractivity contribution in [2.75, 3.05) is 0 Å². The van der Waals surface area contributed by atoms with Crippen molar-refractivity contribution in [1.29, 1.82) is 5.26 Å². The van der Waals surface area contributed by atoms with Crippen LogP contribution in [0, 0.1) is 18.3 Å². The van der Waals surface area contributed by atoms with E-state index in [9.17, 15) is 4.79 Å². The van der Waals surface area contributed by atoms with Crippen LogP contribution in [0.2, 0.25) is 0 Å². The van der Waals surface area contributed by atoms with Crippen molar-refractivity contribution < 1.29 is 15.0 Å². The Bertz CT molecular complexity index is 432. The predicted octanol–water partition coefficient (Wildman–Crippen LogP) is 0.986. The molecule has 4 heteroatoms. The molecule has 1 aromatic rings. The zero-order valence-electron chi connectivity index (χ0n) is 8.32. The average Bonchev–Trinajstić information content (AvgIpc) is 2.15. The topological polar surface area (TPSA) is 81.3 Å². The smallest absolute Gasteiger partial charge is 0.307 e. The van der Waals surface area contributed by atoms with Crippen LogP contribution in [0.4, 0.5) is 0 Å². The van der Waals surface area contributed by atoms with E-state index in [0.29, 0.717) is 22.3 Å². The number of aliphatic carboxylic acids is 1. The standard InChI is InChI=1S/C11H11NO3/c1-7-2-8(4-11(14)15)3-9(6-13)10(7)5-12/h2-3,13H,4,6H2,1H3,(H,14,15). The molecule has 2 N–H and O–H groups in total. The van der Waals surface area contributed by atoms with Crippen molar-refractivity contribution in [3.63, 3.8) is 0 Å². The molecule has 1 rings (SSSR count). The minimum atomic E-state index is -0.928. The summed E-state index contributed by atoms with van der Waals surface area (Å²) in [6.07, 6.45) is -0.0977. The molecule has 0 aliphatic carbocycles. The second-order valence-corrected chi connectivity index (χ2v) is 3.29. The van der Waals surface area contributed by atoms with Gasteiger partial charge in [-0.05, 0) is 23.6 Å². The van der Waals surface area contributed by atoms with Crippen molar-refractivity contribution in [2.24, 2.45) is 0 Å². The molecule has 0 unspecified atom stereocenters. The second-order valence-electron chi connectivity index (χ2n) is 3.29. The maximum Gasteiger partial charge on any atom is 0.307 e. The number of carbonyl (C=O) groups is 1. The Labute approximate surface area is 87.4 Å². The molecule has 4 nitrogen and oxygen atoms in total. The lowest BCUT2D eigenvalue weighted by Gasteiger charge is -2.07. The second kappa shape index (κ2) is 4.58. The molecule has 0 spiro atoms. The monoisotopic (exact) mass is 205 g/mol. The van der Waals surface area contributed by atoms with Gasteiger partial charge >= 0.3 is 5.97 Å². The summed E-state index contributed by atoms with van der Waals surface area (Å²) in [7, 11) is 0. The first-order valence-electron chi connectivity index (χ1n) is 4.43. The fraction of sp³-hybridized carbons (Fsp3) is 0.273. The average molecular weight is 205 g/mol. The van der Waals surface area contributed by atoms with Gasteiger partial charge in [-0.3, -0.25) is 4.79 Å². The number of rotatable bonds is 3. The van der Waals surface area contributed by atoms with Crippen LogP contribution in [0.25, 0.3) is 0 Å². The van der Waals surface area contributed by atoms with Crippen molar-refractivity contribution in [3.8, 4) is 6.07 Å². The number of hydrogen-bond donors (Lipinski definition) is 2. The predicted molar refractivity (Wildman–Crippen MR) is 53.2 cm³/mol. The van der Waals surface area contributed by atoms with E-state index in [1.54, 1.807) is 19.1 Å². The molecule has 0 bridgehead atoms. The first-order chi connectivity index (χ1) is 7.08. The van der Waals surface area contributed by atoms with Crippen LogP contribution >= 0.6 is 0 Å². The Morgan fingerprint density at radius 3 is 2.67 bits per heavy atom. The molecule has 0 radical (unpaired) electrons. The molecule has 0 aliphatic rings.